The van der Waals surface area contributed by atoms with Crippen molar-refractivity contribution in [1.29, 1.82) is 0 Å². The molecule has 0 bridgehead atoms. The molecule has 0 saturated heterocycles. The highest BCUT2D eigenvalue weighted by Crippen LogP contribution is 2.22. The van der Waals surface area contributed by atoms with Crippen LogP contribution < -0.4 is 15.4 Å². The molecule has 1 aromatic carbocycles. The number of para-hydroxylation sites is 1. The van der Waals surface area contributed by atoms with Crippen molar-refractivity contribution < 1.29 is 19.2 Å². The summed E-state index contributed by atoms with van der Waals surface area (Å²) in [4.78, 5) is 11.6. The van der Waals surface area contributed by atoms with E-state index in [2.05, 4.69) is 15.8 Å². The number of urea groups is 1. The molecule has 2 aromatic rings. The number of carbonyl (C=O) groups is 1. The number of aliphatic hydroxyl groups excluding tert-OH is 1. The molecule has 0 fully saturated rings. The maximum atomic E-state index is 11.6. The molecule has 1 atom stereocenters. The van der Waals surface area contributed by atoms with Crippen LogP contribution in [-0.4, -0.2) is 35.5 Å². The lowest BCUT2D eigenvalue weighted by molar-refractivity contribution is 0.107. The van der Waals surface area contributed by atoms with Crippen LogP contribution in [0.15, 0.2) is 28.8 Å². The summed E-state index contributed by atoms with van der Waals surface area (Å²) in [5.41, 5.74) is 2.68. The first-order valence-corrected chi connectivity index (χ1v) is 7.31. The van der Waals surface area contributed by atoms with E-state index >= 15 is 0 Å². The molecule has 23 heavy (non-hydrogen) atoms. The summed E-state index contributed by atoms with van der Waals surface area (Å²) >= 11 is 0. The SMILES string of the molecule is Cc1cc(NC(=O)NCC(O)COc2c(C)cccc2C)on1. The van der Waals surface area contributed by atoms with Crippen molar-refractivity contribution in [2.45, 2.75) is 26.9 Å². The van der Waals surface area contributed by atoms with Gasteiger partial charge in [-0.05, 0) is 31.9 Å². The second kappa shape index (κ2) is 7.64. The van der Waals surface area contributed by atoms with Crippen LogP contribution in [0.4, 0.5) is 10.7 Å². The molecule has 0 saturated carbocycles. The highest BCUT2D eigenvalue weighted by atomic mass is 16.5. The Kier molecular flexibility index (Phi) is 5.59. The molecular formula is C16H21N3O4. The molecule has 1 heterocycles. The van der Waals surface area contributed by atoms with Gasteiger partial charge in [-0.2, -0.15) is 0 Å². The smallest absolute Gasteiger partial charge is 0.321 e. The van der Waals surface area contributed by atoms with Crippen LogP contribution in [-0.2, 0) is 0 Å². The van der Waals surface area contributed by atoms with E-state index in [1.165, 1.54) is 0 Å². The number of aromatic nitrogens is 1. The van der Waals surface area contributed by atoms with Crippen LogP contribution in [0.25, 0.3) is 0 Å². The van der Waals surface area contributed by atoms with Gasteiger partial charge in [-0.1, -0.05) is 23.4 Å². The molecule has 1 unspecified atom stereocenters. The Hall–Kier alpha value is -2.54. The van der Waals surface area contributed by atoms with Crippen LogP contribution in [0.2, 0.25) is 0 Å². The lowest BCUT2D eigenvalue weighted by Crippen LogP contribution is -2.37. The monoisotopic (exact) mass is 319 g/mol. The number of nitrogens with one attached hydrogen (secondary N) is 2. The molecule has 2 rings (SSSR count). The van der Waals surface area contributed by atoms with Gasteiger partial charge in [0, 0.05) is 12.6 Å². The van der Waals surface area contributed by atoms with Gasteiger partial charge < -0.3 is 19.7 Å². The molecule has 7 heteroatoms. The van der Waals surface area contributed by atoms with E-state index in [-0.39, 0.29) is 19.0 Å². The van der Waals surface area contributed by atoms with Crippen LogP contribution >= 0.6 is 0 Å². The number of anilines is 1. The van der Waals surface area contributed by atoms with Crippen LogP contribution in [0.5, 0.6) is 5.75 Å². The standard InChI is InChI=1S/C16H21N3O4/c1-10-5-4-6-11(2)15(10)22-9-13(20)8-17-16(21)18-14-7-12(3)19-23-14/h4-7,13,20H,8-9H2,1-3H3,(H2,17,18,21). The highest BCUT2D eigenvalue weighted by molar-refractivity contribution is 5.87. The minimum absolute atomic E-state index is 0.0594. The average molecular weight is 319 g/mol. The zero-order valence-corrected chi connectivity index (χ0v) is 13.4. The Morgan fingerprint density at radius 2 is 2.04 bits per heavy atom. The van der Waals surface area contributed by atoms with Crippen molar-refractivity contribution in [3.63, 3.8) is 0 Å². The number of carbonyl (C=O) groups excluding carboxylic acids is 1. The topological polar surface area (TPSA) is 96.6 Å². The van der Waals surface area contributed by atoms with Gasteiger partial charge in [-0.25, -0.2) is 4.79 Å². The maximum Gasteiger partial charge on any atom is 0.321 e. The van der Waals surface area contributed by atoms with Gasteiger partial charge in [0.15, 0.2) is 0 Å². The molecule has 124 valence electrons. The van der Waals surface area contributed by atoms with Gasteiger partial charge in [0.05, 0.1) is 5.69 Å². The molecule has 0 spiro atoms. The summed E-state index contributed by atoms with van der Waals surface area (Å²) in [5.74, 6) is 1.01. The Labute approximate surface area is 134 Å². The van der Waals surface area contributed by atoms with E-state index in [0.717, 1.165) is 16.9 Å². The van der Waals surface area contributed by atoms with E-state index in [4.69, 9.17) is 9.26 Å². The third-order valence-electron chi connectivity index (χ3n) is 3.19. The summed E-state index contributed by atoms with van der Waals surface area (Å²) in [6.07, 6.45) is -0.823. The van der Waals surface area contributed by atoms with Gasteiger partial charge in [0.1, 0.15) is 18.5 Å². The summed E-state index contributed by atoms with van der Waals surface area (Å²) in [6.45, 7) is 5.79. The number of nitrogens with zero attached hydrogens (tertiary/aromatic N) is 1. The zero-order valence-electron chi connectivity index (χ0n) is 13.4. The zero-order chi connectivity index (χ0) is 16.8. The fourth-order valence-electron chi connectivity index (χ4n) is 2.05. The third-order valence-corrected chi connectivity index (χ3v) is 3.19. The van der Waals surface area contributed by atoms with Gasteiger partial charge in [-0.15, -0.1) is 0 Å². The minimum Gasteiger partial charge on any atom is -0.490 e. The first-order chi connectivity index (χ1) is 11.0. The van der Waals surface area contributed by atoms with Crippen molar-refractivity contribution in [2.24, 2.45) is 0 Å². The number of aryl methyl sites for hydroxylation is 3. The molecule has 0 aliphatic heterocycles. The fourth-order valence-corrected chi connectivity index (χ4v) is 2.05. The average Bonchev–Trinajstić information content (AvgIpc) is 2.89. The molecule has 0 aliphatic rings. The number of benzene rings is 1. The molecule has 0 aliphatic carbocycles. The summed E-state index contributed by atoms with van der Waals surface area (Å²) < 4.78 is 10.5. The van der Waals surface area contributed by atoms with Gasteiger partial charge in [0.2, 0.25) is 5.88 Å². The highest BCUT2D eigenvalue weighted by Gasteiger charge is 2.11. The lowest BCUT2D eigenvalue weighted by atomic mass is 10.1. The quantitative estimate of drug-likeness (QED) is 0.758. The van der Waals surface area contributed by atoms with E-state index in [1.807, 2.05) is 32.0 Å². The fraction of sp³-hybridized carbons (Fsp3) is 0.375. The summed E-state index contributed by atoms with van der Waals surface area (Å²) in [7, 11) is 0. The van der Waals surface area contributed by atoms with Crippen molar-refractivity contribution >= 4 is 11.9 Å². The predicted molar refractivity (Wildman–Crippen MR) is 85.7 cm³/mol. The van der Waals surface area contributed by atoms with Gasteiger partial charge in [0.25, 0.3) is 0 Å². The Bertz CT molecular complexity index is 649. The van der Waals surface area contributed by atoms with Crippen LogP contribution in [0, 0.1) is 20.8 Å². The second-order valence-electron chi connectivity index (χ2n) is 5.35. The van der Waals surface area contributed by atoms with Crippen molar-refractivity contribution in [1.82, 2.24) is 10.5 Å². The van der Waals surface area contributed by atoms with E-state index < -0.39 is 12.1 Å². The van der Waals surface area contributed by atoms with E-state index in [0.29, 0.717) is 5.69 Å². The van der Waals surface area contributed by atoms with Gasteiger partial charge in [-0.3, -0.25) is 5.32 Å². The van der Waals surface area contributed by atoms with E-state index in [1.54, 1.807) is 13.0 Å². The molecule has 7 nitrogen and oxygen atoms in total. The largest absolute Gasteiger partial charge is 0.490 e. The number of hydrogen-bond acceptors (Lipinski definition) is 5. The maximum absolute atomic E-state index is 11.6. The molecular weight excluding hydrogens is 298 g/mol. The summed E-state index contributed by atoms with van der Waals surface area (Å²) in [5, 5.41) is 18.6. The molecule has 1 aromatic heterocycles. The van der Waals surface area contributed by atoms with Gasteiger partial charge >= 0.3 is 6.03 Å². The number of rotatable bonds is 6. The number of ether oxygens (including phenoxy) is 1. The Morgan fingerprint density at radius 3 is 2.65 bits per heavy atom. The van der Waals surface area contributed by atoms with E-state index in [9.17, 15) is 9.90 Å². The first-order valence-electron chi connectivity index (χ1n) is 7.31. The predicted octanol–water partition coefficient (Wildman–Crippen LogP) is 2.16. The van der Waals surface area contributed by atoms with Crippen molar-refractivity contribution in [3.05, 3.63) is 41.1 Å². The number of aliphatic hydroxyl groups is 1. The lowest BCUT2D eigenvalue weighted by Gasteiger charge is -2.16. The Morgan fingerprint density at radius 1 is 1.35 bits per heavy atom. The summed E-state index contributed by atoms with van der Waals surface area (Å²) in [6, 6.07) is 6.96. The third kappa shape index (κ3) is 5.00. The second-order valence-corrected chi connectivity index (χ2v) is 5.35. The van der Waals surface area contributed by atoms with Crippen LogP contribution in [0.1, 0.15) is 16.8 Å². The molecule has 3 N–H and O–H groups in total. The molecule has 0 radical (unpaired) electrons. The van der Waals surface area contributed by atoms with Crippen molar-refractivity contribution in [3.8, 4) is 5.75 Å². The Balaban J connectivity index is 1.74. The minimum atomic E-state index is -0.823. The normalized spacial score (nSPS) is 11.8. The number of amides is 2. The molecule has 2 amide bonds. The van der Waals surface area contributed by atoms with Crippen molar-refractivity contribution in [2.75, 3.05) is 18.5 Å². The van der Waals surface area contributed by atoms with Crippen LogP contribution in [0.3, 0.4) is 0 Å². The number of hydrogen-bond donors (Lipinski definition) is 3. The first kappa shape index (κ1) is 16.8.